The average molecular weight is 280 g/mol. The van der Waals surface area contributed by atoms with E-state index in [1.165, 1.54) is 0 Å². The predicted octanol–water partition coefficient (Wildman–Crippen LogP) is 2.81. The molecule has 20 heavy (non-hydrogen) atoms. The molecule has 2 saturated heterocycles. The van der Waals surface area contributed by atoms with Crippen molar-refractivity contribution in [2.75, 3.05) is 0 Å². The Morgan fingerprint density at radius 2 is 0.700 bits per heavy atom. The Morgan fingerprint density at radius 3 is 0.900 bits per heavy atom. The molecule has 0 atom stereocenters. The molecule has 0 radical (unpaired) electrons. The third-order valence-corrected chi connectivity index (χ3v) is 4.97. The molecule has 0 bridgehead atoms. The second kappa shape index (κ2) is 4.60. The molecule has 0 amide bonds. The third kappa shape index (κ3) is 2.71. The van der Waals surface area contributed by atoms with Crippen LogP contribution in [0.4, 0.5) is 0 Å². The van der Waals surface area contributed by atoms with Gasteiger partial charge in [0.2, 0.25) is 0 Å². The highest BCUT2D eigenvalue weighted by Gasteiger charge is 2.52. The fraction of sp³-hybridized carbons (Fsp3) is 0.857. The highest BCUT2D eigenvalue weighted by Crippen LogP contribution is 2.38. The summed E-state index contributed by atoms with van der Waals surface area (Å²) < 4.78 is 23.6. The van der Waals surface area contributed by atoms with Gasteiger partial charge in [0.1, 0.15) is 0 Å². The van der Waals surface area contributed by atoms with Crippen molar-refractivity contribution < 1.29 is 18.6 Å². The second-order valence-corrected chi connectivity index (χ2v) is 7.63. The minimum atomic E-state index is -0.362. The topological polar surface area (TPSA) is 36.9 Å². The highest BCUT2D eigenvalue weighted by atomic mass is 16.7. The SMILES string of the molecule is CC1(C)OB(/C=C/B2OC(C)(C)C(C)(C)O2)OC1(C)C. The van der Waals surface area contributed by atoms with E-state index in [2.05, 4.69) is 0 Å². The van der Waals surface area contributed by atoms with E-state index in [0.29, 0.717) is 0 Å². The molecule has 2 heterocycles. The van der Waals surface area contributed by atoms with Crippen molar-refractivity contribution in [1.82, 2.24) is 0 Å². The minimum Gasteiger partial charge on any atom is -0.400 e. The molecule has 6 heteroatoms. The molecule has 0 N–H and O–H groups in total. The maximum absolute atomic E-state index is 5.91. The molecule has 2 rings (SSSR count). The lowest BCUT2D eigenvalue weighted by Gasteiger charge is -2.32. The van der Waals surface area contributed by atoms with Crippen LogP contribution >= 0.6 is 0 Å². The van der Waals surface area contributed by atoms with Crippen LogP contribution in [-0.4, -0.2) is 36.6 Å². The first-order chi connectivity index (χ1) is 8.86. The fourth-order valence-electron chi connectivity index (χ4n) is 2.12. The van der Waals surface area contributed by atoms with E-state index in [-0.39, 0.29) is 36.6 Å². The molecule has 0 aromatic heterocycles. The average Bonchev–Trinajstić information content (AvgIpc) is 2.55. The van der Waals surface area contributed by atoms with Crippen LogP contribution in [0.25, 0.3) is 0 Å². The van der Waals surface area contributed by atoms with E-state index in [1.54, 1.807) is 0 Å². The van der Waals surface area contributed by atoms with Crippen molar-refractivity contribution in [3.63, 3.8) is 0 Å². The smallest absolute Gasteiger partial charge is 0.400 e. The van der Waals surface area contributed by atoms with E-state index >= 15 is 0 Å². The quantitative estimate of drug-likeness (QED) is 0.729. The summed E-state index contributed by atoms with van der Waals surface area (Å²) in [5.74, 6) is 3.75. The maximum Gasteiger partial charge on any atom is 0.486 e. The summed E-state index contributed by atoms with van der Waals surface area (Å²) in [4.78, 5) is 0. The van der Waals surface area contributed by atoms with Gasteiger partial charge in [-0.15, -0.1) is 0 Å². The molecule has 2 fully saturated rings. The van der Waals surface area contributed by atoms with Gasteiger partial charge in [-0.3, -0.25) is 0 Å². The molecule has 0 aromatic carbocycles. The molecular formula is C14H26B2O4. The Morgan fingerprint density at radius 1 is 0.500 bits per heavy atom. The van der Waals surface area contributed by atoms with Crippen LogP contribution in [0.3, 0.4) is 0 Å². The van der Waals surface area contributed by atoms with Gasteiger partial charge in [-0.2, -0.15) is 0 Å². The van der Waals surface area contributed by atoms with E-state index in [1.807, 2.05) is 67.3 Å². The molecule has 2 aliphatic rings. The van der Waals surface area contributed by atoms with Gasteiger partial charge in [0.15, 0.2) is 0 Å². The lowest BCUT2D eigenvalue weighted by atomic mass is 9.80. The molecule has 0 aromatic rings. The van der Waals surface area contributed by atoms with Crippen LogP contribution in [0.1, 0.15) is 55.4 Å². The molecule has 112 valence electrons. The fourth-order valence-corrected chi connectivity index (χ4v) is 2.12. The van der Waals surface area contributed by atoms with E-state index < -0.39 is 0 Å². The Bertz CT molecular complexity index is 345. The molecule has 0 aliphatic carbocycles. The first kappa shape index (κ1) is 16.1. The van der Waals surface area contributed by atoms with Gasteiger partial charge in [-0.05, 0) is 55.4 Å². The van der Waals surface area contributed by atoms with Crippen molar-refractivity contribution in [2.45, 2.75) is 77.8 Å². The van der Waals surface area contributed by atoms with Crippen LogP contribution < -0.4 is 0 Å². The molecule has 2 aliphatic heterocycles. The zero-order valence-electron chi connectivity index (χ0n) is 13.9. The normalized spacial score (nSPS) is 30.4. The molecule has 0 spiro atoms. The molecule has 0 saturated carbocycles. The lowest BCUT2D eigenvalue weighted by Crippen LogP contribution is -2.41. The van der Waals surface area contributed by atoms with Gasteiger partial charge < -0.3 is 18.6 Å². The van der Waals surface area contributed by atoms with Crippen molar-refractivity contribution in [3.05, 3.63) is 12.0 Å². The predicted molar refractivity (Wildman–Crippen MR) is 81.3 cm³/mol. The van der Waals surface area contributed by atoms with Crippen LogP contribution in [-0.2, 0) is 18.6 Å². The van der Waals surface area contributed by atoms with Crippen molar-refractivity contribution in [3.8, 4) is 0 Å². The summed E-state index contributed by atoms with van der Waals surface area (Å²) in [6.07, 6.45) is 0. The molecule has 4 nitrogen and oxygen atoms in total. The van der Waals surface area contributed by atoms with Crippen molar-refractivity contribution in [2.24, 2.45) is 0 Å². The largest absolute Gasteiger partial charge is 0.486 e. The summed E-state index contributed by atoms with van der Waals surface area (Å²) in [5.41, 5.74) is -1.29. The van der Waals surface area contributed by atoms with E-state index in [9.17, 15) is 0 Å². The van der Waals surface area contributed by atoms with E-state index in [4.69, 9.17) is 18.6 Å². The standard InChI is InChI=1S/C14H26B2O4/c1-11(2)12(3,4)18-15(17-11)9-10-16-19-13(5,6)14(7,8)20-16/h9-10H,1-8H3/b10-9+. The molecule has 0 unspecified atom stereocenters. The van der Waals surface area contributed by atoms with Gasteiger partial charge in [0.25, 0.3) is 0 Å². The number of hydrogen-bond donors (Lipinski definition) is 0. The van der Waals surface area contributed by atoms with Crippen LogP contribution in [0.2, 0.25) is 0 Å². The first-order valence-electron chi connectivity index (χ1n) is 7.26. The van der Waals surface area contributed by atoms with Crippen LogP contribution in [0.15, 0.2) is 12.0 Å². The molecular weight excluding hydrogens is 254 g/mol. The monoisotopic (exact) mass is 280 g/mol. The lowest BCUT2D eigenvalue weighted by molar-refractivity contribution is 0.00578. The number of rotatable bonds is 2. The Kier molecular flexibility index (Phi) is 3.70. The minimum absolute atomic E-state index is 0.321. The second-order valence-electron chi connectivity index (χ2n) is 7.63. The number of hydrogen-bond acceptors (Lipinski definition) is 4. The Labute approximate surface area is 123 Å². The zero-order valence-corrected chi connectivity index (χ0v) is 13.9. The summed E-state index contributed by atoms with van der Waals surface area (Å²) in [6, 6.07) is 0. The maximum atomic E-state index is 5.91. The third-order valence-electron chi connectivity index (χ3n) is 4.97. The van der Waals surface area contributed by atoms with Gasteiger partial charge in [-0.25, -0.2) is 0 Å². The van der Waals surface area contributed by atoms with Gasteiger partial charge in [0, 0.05) is 0 Å². The van der Waals surface area contributed by atoms with Gasteiger partial charge in [0.05, 0.1) is 22.4 Å². The van der Waals surface area contributed by atoms with Crippen LogP contribution in [0, 0.1) is 0 Å². The first-order valence-corrected chi connectivity index (χ1v) is 7.26. The highest BCUT2D eigenvalue weighted by molar-refractivity contribution is 6.58. The van der Waals surface area contributed by atoms with Gasteiger partial charge in [-0.1, -0.05) is 12.0 Å². The Hall–Kier alpha value is -0.290. The zero-order chi connectivity index (χ0) is 15.4. The van der Waals surface area contributed by atoms with E-state index in [0.717, 1.165) is 0 Å². The summed E-state index contributed by atoms with van der Waals surface area (Å²) in [7, 11) is -0.724. The van der Waals surface area contributed by atoms with Crippen LogP contribution in [0.5, 0.6) is 0 Å². The van der Waals surface area contributed by atoms with Crippen molar-refractivity contribution in [1.29, 1.82) is 0 Å². The van der Waals surface area contributed by atoms with Gasteiger partial charge >= 0.3 is 14.2 Å². The van der Waals surface area contributed by atoms with Crippen molar-refractivity contribution >= 4 is 14.2 Å². The Balaban J connectivity index is 2.00. The summed E-state index contributed by atoms with van der Waals surface area (Å²) in [6.45, 7) is 16.3. The summed E-state index contributed by atoms with van der Waals surface area (Å²) in [5, 5.41) is 0. The summed E-state index contributed by atoms with van der Waals surface area (Å²) >= 11 is 0.